The Balaban J connectivity index is 2.05. The lowest BCUT2D eigenvalue weighted by Gasteiger charge is -2.11. The van der Waals surface area contributed by atoms with Gasteiger partial charge in [-0.15, -0.1) is 0 Å². The Morgan fingerprint density at radius 3 is 2.90 bits per heavy atom. The van der Waals surface area contributed by atoms with E-state index in [-0.39, 0.29) is 17.2 Å². The summed E-state index contributed by atoms with van der Waals surface area (Å²) in [6.07, 6.45) is 1.89. The number of rotatable bonds is 6. The largest absolute Gasteiger partial charge is 0.494 e. The van der Waals surface area contributed by atoms with Gasteiger partial charge in [-0.1, -0.05) is 0 Å². The number of halogens is 1. The number of methoxy groups -OCH3 is 1. The van der Waals surface area contributed by atoms with Crippen molar-refractivity contribution < 1.29 is 18.8 Å². The Kier molecular flexibility index (Phi) is 4.73. The highest BCUT2D eigenvalue weighted by atomic mass is 19.1. The third kappa shape index (κ3) is 3.36. The van der Waals surface area contributed by atoms with Crippen LogP contribution in [0.5, 0.6) is 11.5 Å². The fourth-order valence-electron chi connectivity index (χ4n) is 2.24. The van der Waals surface area contributed by atoms with Gasteiger partial charge in [0, 0.05) is 6.07 Å². The molecule has 1 atom stereocenters. The van der Waals surface area contributed by atoms with Crippen molar-refractivity contribution >= 4 is 5.69 Å². The minimum atomic E-state index is -0.772. The smallest absolute Gasteiger partial charge is 0.314 e. The number of nitrogens with zero attached hydrogens (tertiary/aromatic N) is 1. The second kappa shape index (κ2) is 6.51. The van der Waals surface area contributed by atoms with Gasteiger partial charge in [0.2, 0.25) is 5.75 Å². The van der Waals surface area contributed by atoms with Crippen molar-refractivity contribution in [2.45, 2.75) is 12.8 Å². The van der Waals surface area contributed by atoms with E-state index in [9.17, 15) is 14.5 Å². The Bertz CT molecular complexity index is 490. The first-order valence-corrected chi connectivity index (χ1v) is 6.47. The number of nitro benzene ring substituents is 1. The molecule has 110 valence electrons. The van der Waals surface area contributed by atoms with Crippen LogP contribution in [-0.4, -0.2) is 31.7 Å². The lowest BCUT2D eigenvalue weighted by molar-refractivity contribution is -0.386. The molecule has 0 spiro atoms. The van der Waals surface area contributed by atoms with E-state index >= 15 is 0 Å². The van der Waals surface area contributed by atoms with Crippen molar-refractivity contribution in [1.29, 1.82) is 0 Å². The van der Waals surface area contributed by atoms with E-state index in [2.05, 4.69) is 5.32 Å². The third-order valence-electron chi connectivity index (χ3n) is 3.38. The summed E-state index contributed by atoms with van der Waals surface area (Å²) in [5, 5.41) is 14.1. The molecule has 1 fully saturated rings. The molecule has 1 aromatic carbocycles. The predicted molar refractivity (Wildman–Crippen MR) is 70.7 cm³/mol. The molecule has 20 heavy (non-hydrogen) atoms. The molecule has 6 nitrogen and oxygen atoms in total. The van der Waals surface area contributed by atoms with Gasteiger partial charge >= 0.3 is 5.69 Å². The van der Waals surface area contributed by atoms with Crippen molar-refractivity contribution in [1.82, 2.24) is 5.32 Å². The molecule has 0 radical (unpaired) electrons. The van der Waals surface area contributed by atoms with E-state index < -0.39 is 10.7 Å². The topological polar surface area (TPSA) is 73.6 Å². The van der Waals surface area contributed by atoms with Gasteiger partial charge in [0.15, 0.2) is 11.6 Å². The fourth-order valence-corrected chi connectivity index (χ4v) is 2.24. The number of nitro groups is 1. The number of benzene rings is 1. The molecule has 1 N–H and O–H groups in total. The molecule has 1 aromatic rings. The molecular weight excluding hydrogens is 267 g/mol. The first-order chi connectivity index (χ1) is 9.61. The molecule has 1 unspecified atom stereocenters. The van der Waals surface area contributed by atoms with Crippen LogP contribution in [0.2, 0.25) is 0 Å². The van der Waals surface area contributed by atoms with Crippen molar-refractivity contribution in [3.8, 4) is 11.5 Å². The predicted octanol–water partition coefficient (Wildman–Crippen LogP) is 2.12. The van der Waals surface area contributed by atoms with E-state index in [1.807, 2.05) is 0 Å². The first kappa shape index (κ1) is 14.5. The summed E-state index contributed by atoms with van der Waals surface area (Å²) in [7, 11) is 1.30. The van der Waals surface area contributed by atoms with Crippen LogP contribution in [0.25, 0.3) is 0 Å². The molecule has 0 aromatic heterocycles. The zero-order valence-corrected chi connectivity index (χ0v) is 11.2. The summed E-state index contributed by atoms with van der Waals surface area (Å²) in [6.45, 7) is 2.30. The summed E-state index contributed by atoms with van der Waals surface area (Å²) in [5.41, 5.74) is -0.382. The summed E-state index contributed by atoms with van der Waals surface area (Å²) in [6, 6.07) is 2.05. The quantitative estimate of drug-likeness (QED) is 0.640. The molecule has 0 saturated carbocycles. The summed E-state index contributed by atoms with van der Waals surface area (Å²) < 4.78 is 23.7. The second-order valence-electron chi connectivity index (χ2n) is 4.71. The van der Waals surface area contributed by atoms with Crippen LogP contribution in [0.15, 0.2) is 12.1 Å². The van der Waals surface area contributed by atoms with E-state index in [4.69, 9.17) is 9.47 Å². The number of nitrogens with one attached hydrogen (secondary N) is 1. The Morgan fingerprint density at radius 2 is 2.30 bits per heavy atom. The SMILES string of the molecule is COc1cc(OCCC2CCNC2)c([N+](=O)[O-])cc1F. The van der Waals surface area contributed by atoms with Crippen LogP contribution in [0.3, 0.4) is 0 Å². The molecule has 1 saturated heterocycles. The summed E-state index contributed by atoms with van der Waals surface area (Å²) in [5.74, 6) is -0.268. The minimum absolute atomic E-state index is 0.0409. The molecule has 1 heterocycles. The average Bonchev–Trinajstić information content (AvgIpc) is 2.93. The van der Waals surface area contributed by atoms with Gasteiger partial charge < -0.3 is 14.8 Å². The van der Waals surface area contributed by atoms with E-state index in [0.29, 0.717) is 12.5 Å². The van der Waals surface area contributed by atoms with Gasteiger partial charge in [-0.2, -0.15) is 0 Å². The van der Waals surface area contributed by atoms with Crippen LogP contribution in [-0.2, 0) is 0 Å². The van der Waals surface area contributed by atoms with E-state index in [1.54, 1.807) is 0 Å². The molecule has 0 amide bonds. The number of hydrogen-bond donors (Lipinski definition) is 1. The van der Waals surface area contributed by atoms with E-state index in [1.165, 1.54) is 13.2 Å². The third-order valence-corrected chi connectivity index (χ3v) is 3.38. The van der Waals surface area contributed by atoms with Crippen LogP contribution < -0.4 is 14.8 Å². The highest BCUT2D eigenvalue weighted by Crippen LogP contribution is 2.33. The zero-order valence-electron chi connectivity index (χ0n) is 11.2. The number of hydrogen-bond acceptors (Lipinski definition) is 5. The average molecular weight is 284 g/mol. The second-order valence-corrected chi connectivity index (χ2v) is 4.71. The molecule has 2 rings (SSSR count). The lowest BCUT2D eigenvalue weighted by Crippen LogP contribution is -2.12. The van der Waals surface area contributed by atoms with Crippen molar-refractivity contribution in [3.05, 3.63) is 28.1 Å². The highest BCUT2D eigenvalue weighted by molar-refractivity contribution is 5.51. The summed E-state index contributed by atoms with van der Waals surface area (Å²) >= 11 is 0. The Morgan fingerprint density at radius 1 is 1.50 bits per heavy atom. The minimum Gasteiger partial charge on any atom is -0.494 e. The van der Waals surface area contributed by atoms with Gasteiger partial charge in [0.1, 0.15) is 0 Å². The van der Waals surface area contributed by atoms with E-state index in [0.717, 1.165) is 32.0 Å². The molecule has 0 bridgehead atoms. The molecule has 1 aliphatic rings. The first-order valence-electron chi connectivity index (χ1n) is 6.47. The van der Waals surface area contributed by atoms with Gasteiger partial charge in [0.25, 0.3) is 0 Å². The zero-order chi connectivity index (χ0) is 14.5. The lowest BCUT2D eigenvalue weighted by atomic mass is 10.1. The van der Waals surface area contributed by atoms with Crippen molar-refractivity contribution in [2.24, 2.45) is 5.92 Å². The normalized spacial score (nSPS) is 18.0. The van der Waals surface area contributed by atoms with Crippen LogP contribution in [0, 0.1) is 21.8 Å². The summed E-state index contributed by atoms with van der Waals surface area (Å²) in [4.78, 5) is 10.2. The maximum absolute atomic E-state index is 13.5. The van der Waals surface area contributed by atoms with Gasteiger partial charge in [-0.05, 0) is 31.8 Å². The van der Waals surface area contributed by atoms with Crippen LogP contribution >= 0.6 is 0 Å². The van der Waals surface area contributed by atoms with Crippen molar-refractivity contribution in [3.63, 3.8) is 0 Å². The fraction of sp³-hybridized carbons (Fsp3) is 0.538. The van der Waals surface area contributed by atoms with Gasteiger partial charge in [-0.3, -0.25) is 10.1 Å². The number of ether oxygens (including phenoxy) is 2. The Labute approximate surface area is 116 Å². The van der Waals surface area contributed by atoms with Gasteiger partial charge in [0.05, 0.1) is 24.7 Å². The van der Waals surface area contributed by atoms with Crippen LogP contribution in [0.1, 0.15) is 12.8 Å². The maximum atomic E-state index is 13.5. The van der Waals surface area contributed by atoms with Crippen molar-refractivity contribution in [2.75, 3.05) is 26.8 Å². The Hall–Kier alpha value is -1.89. The van der Waals surface area contributed by atoms with Gasteiger partial charge in [-0.25, -0.2) is 4.39 Å². The molecule has 1 aliphatic heterocycles. The molecule has 0 aliphatic carbocycles. The maximum Gasteiger partial charge on any atom is 0.314 e. The highest BCUT2D eigenvalue weighted by Gasteiger charge is 2.21. The van der Waals surface area contributed by atoms with Crippen LogP contribution in [0.4, 0.5) is 10.1 Å². The molecule has 7 heteroatoms. The monoisotopic (exact) mass is 284 g/mol. The standard InChI is InChI=1S/C13H17FN2O4/c1-19-12-7-13(11(16(17)18)6-10(12)14)20-5-3-9-2-4-15-8-9/h6-7,9,15H,2-5,8H2,1H3. The molecular formula is C13H17FN2O4.